The van der Waals surface area contributed by atoms with Gasteiger partial charge in [-0.05, 0) is 25.0 Å². The van der Waals surface area contributed by atoms with Gasteiger partial charge in [0.25, 0.3) is 5.91 Å². The Hall–Kier alpha value is -2.30. The highest BCUT2D eigenvalue weighted by Crippen LogP contribution is 2.40. The van der Waals surface area contributed by atoms with Gasteiger partial charge in [-0.1, -0.05) is 12.1 Å². The number of aromatic nitrogens is 2. The van der Waals surface area contributed by atoms with E-state index in [1.807, 2.05) is 30.1 Å². The Morgan fingerprint density at radius 2 is 1.95 bits per heavy atom. The molecule has 0 unspecified atom stereocenters. The van der Waals surface area contributed by atoms with Crippen LogP contribution < -0.4 is 9.80 Å². The van der Waals surface area contributed by atoms with Crippen LogP contribution in [0.3, 0.4) is 0 Å². The zero-order valence-electron chi connectivity index (χ0n) is 12.1. The second-order valence-electron chi connectivity index (χ2n) is 5.76. The summed E-state index contributed by atoms with van der Waals surface area (Å²) in [6.45, 7) is 1.64. The second kappa shape index (κ2) is 4.62. The smallest absolute Gasteiger partial charge is 0.276 e. The molecule has 0 N–H and O–H groups in total. The van der Waals surface area contributed by atoms with Crippen LogP contribution in [0.5, 0.6) is 0 Å². The van der Waals surface area contributed by atoms with Crippen molar-refractivity contribution in [1.29, 1.82) is 0 Å². The van der Waals surface area contributed by atoms with Crippen molar-refractivity contribution < 1.29 is 4.79 Å². The van der Waals surface area contributed by atoms with Crippen LogP contribution in [0, 0.1) is 0 Å². The van der Waals surface area contributed by atoms with Crippen molar-refractivity contribution in [3.63, 3.8) is 0 Å². The zero-order valence-corrected chi connectivity index (χ0v) is 12.1. The lowest BCUT2D eigenvalue weighted by Gasteiger charge is -2.37. The molecule has 1 aliphatic carbocycles. The van der Waals surface area contributed by atoms with E-state index in [4.69, 9.17) is 0 Å². The fraction of sp³-hybridized carbons (Fsp3) is 0.375. The van der Waals surface area contributed by atoms with Gasteiger partial charge in [-0.15, -0.1) is 0 Å². The normalized spacial score (nSPS) is 17.8. The van der Waals surface area contributed by atoms with E-state index < -0.39 is 0 Å². The van der Waals surface area contributed by atoms with Gasteiger partial charge in [-0.3, -0.25) is 4.79 Å². The molecule has 1 aromatic carbocycles. The van der Waals surface area contributed by atoms with Gasteiger partial charge >= 0.3 is 0 Å². The number of carbonyl (C=O) groups is 1. The molecular formula is C16H18N4O. The van der Waals surface area contributed by atoms with E-state index in [2.05, 4.69) is 16.0 Å². The first kappa shape index (κ1) is 12.4. The van der Waals surface area contributed by atoms with Crippen LogP contribution >= 0.6 is 0 Å². The molecule has 21 heavy (non-hydrogen) atoms. The monoisotopic (exact) mass is 282 g/mol. The molecular weight excluding hydrogens is 264 g/mol. The fourth-order valence-electron chi connectivity index (χ4n) is 3.06. The van der Waals surface area contributed by atoms with Gasteiger partial charge in [0.2, 0.25) is 0 Å². The number of fused-ring (bicyclic) bond motifs is 1. The summed E-state index contributed by atoms with van der Waals surface area (Å²) in [5, 5.41) is 0. The molecule has 2 heterocycles. The molecule has 5 heteroatoms. The van der Waals surface area contributed by atoms with Gasteiger partial charge < -0.3 is 14.4 Å². The lowest BCUT2D eigenvalue weighted by molar-refractivity contribution is 0.0978. The molecule has 108 valence electrons. The summed E-state index contributed by atoms with van der Waals surface area (Å²) in [6.07, 6.45) is 5.84. The largest absolute Gasteiger partial charge is 0.365 e. The van der Waals surface area contributed by atoms with E-state index in [-0.39, 0.29) is 5.91 Å². The molecule has 2 aromatic rings. The quantitative estimate of drug-likeness (QED) is 0.846. The molecule has 4 rings (SSSR count). The van der Waals surface area contributed by atoms with Crippen LogP contribution in [0.2, 0.25) is 0 Å². The van der Waals surface area contributed by atoms with Gasteiger partial charge in [0.15, 0.2) is 0 Å². The topological polar surface area (TPSA) is 41.4 Å². The maximum Gasteiger partial charge on any atom is 0.276 e. The summed E-state index contributed by atoms with van der Waals surface area (Å²) < 4.78 is 1.78. The van der Waals surface area contributed by atoms with E-state index in [0.29, 0.717) is 11.7 Å². The van der Waals surface area contributed by atoms with Crippen LogP contribution in [0.1, 0.15) is 23.3 Å². The number of imidazole rings is 1. The van der Waals surface area contributed by atoms with Crippen LogP contribution in [-0.4, -0.2) is 34.6 Å². The Morgan fingerprint density at radius 1 is 1.19 bits per heavy atom. The van der Waals surface area contributed by atoms with Crippen LogP contribution in [-0.2, 0) is 7.05 Å². The van der Waals surface area contributed by atoms with Gasteiger partial charge in [-0.25, -0.2) is 4.98 Å². The first-order chi connectivity index (χ1) is 10.3. The van der Waals surface area contributed by atoms with Gasteiger partial charge in [-0.2, -0.15) is 0 Å². The molecule has 1 fully saturated rings. The van der Waals surface area contributed by atoms with E-state index in [0.717, 1.165) is 18.8 Å². The number of benzene rings is 1. The number of hydrogen-bond donors (Lipinski definition) is 0. The standard InChI is InChI=1S/C16H18N4O/c1-18-11-17-10-15(18)16(21)20-9-8-19(12-6-7-12)13-4-2-3-5-14(13)20/h2-5,10-12H,6-9H2,1H3. The predicted molar refractivity (Wildman–Crippen MR) is 81.7 cm³/mol. The summed E-state index contributed by atoms with van der Waals surface area (Å²) >= 11 is 0. The minimum atomic E-state index is 0.0258. The minimum Gasteiger partial charge on any atom is -0.365 e. The Balaban J connectivity index is 1.72. The molecule has 1 amide bonds. The molecule has 0 radical (unpaired) electrons. The maximum atomic E-state index is 12.8. The molecule has 0 bridgehead atoms. The number of para-hydroxylation sites is 2. The van der Waals surface area contributed by atoms with Gasteiger partial charge in [0.1, 0.15) is 5.69 Å². The molecule has 5 nitrogen and oxygen atoms in total. The maximum absolute atomic E-state index is 12.8. The lowest BCUT2D eigenvalue weighted by atomic mass is 10.1. The number of aryl methyl sites for hydroxylation is 1. The fourth-order valence-corrected chi connectivity index (χ4v) is 3.06. The molecule has 1 saturated carbocycles. The SMILES string of the molecule is Cn1cncc1C(=O)N1CCN(C2CC2)c2ccccc21. The van der Waals surface area contributed by atoms with Gasteiger partial charge in [0.05, 0.1) is 23.9 Å². The third kappa shape index (κ3) is 2.00. The first-order valence-corrected chi connectivity index (χ1v) is 7.39. The van der Waals surface area contributed by atoms with Crippen molar-refractivity contribution in [3.8, 4) is 0 Å². The third-order valence-electron chi connectivity index (χ3n) is 4.32. The minimum absolute atomic E-state index is 0.0258. The van der Waals surface area contributed by atoms with E-state index in [1.54, 1.807) is 17.1 Å². The lowest BCUT2D eigenvalue weighted by Crippen LogP contribution is -2.45. The van der Waals surface area contributed by atoms with Gasteiger partial charge in [0, 0.05) is 26.2 Å². The molecule has 2 aliphatic rings. The Morgan fingerprint density at radius 3 is 2.62 bits per heavy atom. The summed E-state index contributed by atoms with van der Waals surface area (Å²) in [5.41, 5.74) is 2.83. The number of carbonyl (C=O) groups excluding carboxylic acids is 1. The van der Waals surface area contributed by atoms with Crippen LogP contribution in [0.25, 0.3) is 0 Å². The molecule has 1 aromatic heterocycles. The Bertz CT molecular complexity index is 689. The average molecular weight is 282 g/mol. The molecule has 1 aliphatic heterocycles. The van der Waals surface area contributed by atoms with E-state index in [1.165, 1.54) is 18.5 Å². The van der Waals surface area contributed by atoms with Crippen LogP contribution in [0.15, 0.2) is 36.8 Å². The molecule has 0 atom stereocenters. The number of anilines is 2. The highest BCUT2D eigenvalue weighted by atomic mass is 16.2. The third-order valence-corrected chi connectivity index (χ3v) is 4.32. The summed E-state index contributed by atoms with van der Waals surface area (Å²) in [6, 6.07) is 8.87. The summed E-state index contributed by atoms with van der Waals surface area (Å²) in [5.74, 6) is 0.0258. The first-order valence-electron chi connectivity index (χ1n) is 7.39. The summed E-state index contributed by atoms with van der Waals surface area (Å²) in [4.78, 5) is 21.2. The number of nitrogens with zero attached hydrogens (tertiary/aromatic N) is 4. The highest BCUT2D eigenvalue weighted by molar-refractivity contribution is 6.07. The predicted octanol–water partition coefficient (Wildman–Crippen LogP) is 2.05. The number of amides is 1. The number of hydrogen-bond acceptors (Lipinski definition) is 3. The Labute approximate surface area is 123 Å². The van der Waals surface area contributed by atoms with Crippen molar-refractivity contribution in [2.45, 2.75) is 18.9 Å². The van der Waals surface area contributed by atoms with Crippen molar-refractivity contribution in [2.24, 2.45) is 7.05 Å². The second-order valence-corrected chi connectivity index (χ2v) is 5.76. The molecule has 0 spiro atoms. The average Bonchev–Trinajstić information content (AvgIpc) is 3.27. The van der Waals surface area contributed by atoms with Crippen molar-refractivity contribution in [1.82, 2.24) is 9.55 Å². The van der Waals surface area contributed by atoms with E-state index >= 15 is 0 Å². The summed E-state index contributed by atoms with van der Waals surface area (Å²) in [7, 11) is 1.85. The highest BCUT2D eigenvalue weighted by Gasteiger charge is 2.35. The van der Waals surface area contributed by atoms with Crippen molar-refractivity contribution in [3.05, 3.63) is 42.5 Å². The Kier molecular flexibility index (Phi) is 2.74. The molecule has 0 saturated heterocycles. The van der Waals surface area contributed by atoms with Crippen LogP contribution in [0.4, 0.5) is 11.4 Å². The van der Waals surface area contributed by atoms with Crippen molar-refractivity contribution in [2.75, 3.05) is 22.9 Å². The van der Waals surface area contributed by atoms with E-state index in [9.17, 15) is 4.79 Å². The zero-order chi connectivity index (χ0) is 14.4. The van der Waals surface area contributed by atoms with Crippen molar-refractivity contribution >= 4 is 17.3 Å². The number of rotatable bonds is 2.